The van der Waals surface area contributed by atoms with Gasteiger partial charge in [0.05, 0.1) is 17.4 Å². The normalized spacial score (nSPS) is 18.1. The van der Waals surface area contributed by atoms with Crippen LogP contribution in [0.3, 0.4) is 0 Å². The molecule has 0 unspecified atom stereocenters. The van der Waals surface area contributed by atoms with Gasteiger partial charge in [0.2, 0.25) is 0 Å². The molecule has 0 radical (unpaired) electrons. The number of nitrogens with zero attached hydrogens (tertiary/aromatic N) is 3. The Balaban J connectivity index is 0.000000254. The minimum atomic E-state index is -1.82. The number of hydrogen-bond acceptors (Lipinski definition) is 6. The predicted octanol–water partition coefficient (Wildman–Crippen LogP) is 1.37. The molecule has 2 N–H and O–H groups in total. The van der Waals surface area contributed by atoms with Gasteiger partial charge in [0.1, 0.15) is 5.69 Å². The van der Waals surface area contributed by atoms with Crippen molar-refractivity contribution in [3.63, 3.8) is 0 Å². The number of rotatable bonds is 3. The first-order valence-corrected chi connectivity index (χ1v) is 7.86. The van der Waals surface area contributed by atoms with E-state index in [-0.39, 0.29) is 0 Å². The largest absolute Gasteiger partial charge is 0.473 e. The van der Waals surface area contributed by atoms with Gasteiger partial charge in [0.25, 0.3) is 0 Å². The van der Waals surface area contributed by atoms with Crippen molar-refractivity contribution in [1.29, 1.82) is 0 Å². The number of carboxylic acids is 2. The maximum atomic E-state index is 9.10. The summed E-state index contributed by atoms with van der Waals surface area (Å²) in [4.78, 5) is 20.6. The summed E-state index contributed by atoms with van der Waals surface area (Å²) in [5.74, 6) is -2.76. The molecule has 2 aliphatic rings. The summed E-state index contributed by atoms with van der Waals surface area (Å²) in [5.41, 5.74) is 3.82. The standard InChI is InChI=1S/C12H17N3S.C2H2O4/c1-15-6-2-3-10(8-15)12-11(13-16-14-12)7-9-4-5-9;3-1(4)2(5)6/h3,9H,2,4-8H2,1H3;(H,3,4)(H,5,6). The van der Waals surface area contributed by atoms with Crippen LogP contribution in [0.4, 0.5) is 0 Å². The first kappa shape index (κ1) is 16.6. The molecule has 1 aromatic heterocycles. The van der Waals surface area contributed by atoms with Gasteiger partial charge in [-0.15, -0.1) is 0 Å². The van der Waals surface area contributed by atoms with Crippen molar-refractivity contribution in [3.05, 3.63) is 17.5 Å². The fraction of sp³-hybridized carbons (Fsp3) is 0.571. The molecule has 120 valence electrons. The minimum absolute atomic E-state index is 0.893. The number of aromatic nitrogens is 2. The SMILES string of the molecule is CN1CCC=C(c2nsnc2CC2CC2)C1.O=C(O)C(=O)O. The lowest BCUT2D eigenvalue weighted by molar-refractivity contribution is -0.159. The minimum Gasteiger partial charge on any atom is -0.473 e. The van der Waals surface area contributed by atoms with E-state index in [1.807, 2.05) is 0 Å². The molecule has 1 saturated carbocycles. The highest BCUT2D eigenvalue weighted by Gasteiger charge is 2.26. The van der Waals surface area contributed by atoms with Crippen molar-refractivity contribution in [3.8, 4) is 0 Å². The highest BCUT2D eigenvalue weighted by Crippen LogP contribution is 2.34. The molecule has 0 atom stereocenters. The van der Waals surface area contributed by atoms with E-state index in [1.54, 1.807) is 0 Å². The fourth-order valence-corrected chi connectivity index (χ4v) is 2.85. The number of likely N-dealkylation sites (N-methyl/N-ethyl adjacent to an activating group) is 1. The van der Waals surface area contributed by atoms with Crippen molar-refractivity contribution in [1.82, 2.24) is 13.6 Å². The third-order valence-electron chi connectivity index (χ3n) is 3.56. The monoisotopic (exact) mass is 325 g/mol. The molecule has 3 rings (SSSR count). The van der Waals surface area contributed by atoms with E-state index < -0.39 is 11.9 Å². The van der Waals surface area contributed by atoms with Gasteiger partial charge in [-0.3, -0.25) is 0 Å². The van der Waals surface area contributed by atoms with Crippen LogP contribution >= 0.6 is 11.7 Å². The van der Waals surface area contributed by atoms with Crippen LogP contribution in [0.25, 0.3) is 5.57 Å². The number of carbonyl (C=O) groups is 2. The molecule has 0 saturated heterocycles. The maximum absolute atomic E-state index is 9.10. The van der Waals surface area contributed by atoms with Gasteiger partial charge in [-0.25, -0.2) is 9.59 Å². The Kier molecular flexibility index (Phi) is 5.62. The number of hydrogen-bond donors (Lipinski definition) is 2. The Morgan fingerprint density at radius 1 is 1.32 bits per heavy atom. The van der Waals surface area contributed by atoms with Crippen LogP contribution in [0.1, 0.15) is 30.7 Å². The molecular formula is C14H19N3O4S. The first-order chi connectivity index (χ1) is 10.5. The summed E-state index contributed by atoms with van der Waals surface area (Å²) in [7, 11) is 2.17. The predicted molar refractivity (Wildman–Crippen MR) is 81.7 cm³/mol. The van der Waals surface area contributed by atoms with Crippen LogP contribution in [0.5, 0.6) is 0 Å². The summed E-state index contributed by atoms with van der Waals surface area (Å²) in [6, 6.07) is 0. The van der Waals surface area contributed by atoms with Gasteiger partial charge in [-0.1, -0.05) is 6.08 Å². The summed E-state index contributed by atoms with van der Waals surface area (Å²) in [6.45, 7) is 2.20. The summed E-state index contributed by atoms with van der Waals surface area (Å²) < 4.78 is 8.96. The molecule has 1 fully saturated rings. The van der Waals surface area contributed by atoms with Crippen LogP contribution in [0.2, 0.25) is 0 Å². The zero-order valence-electron chi connectivity index (χ0n) is 12.4. The van der Waals surface area contributed by atoms with Gasteiger partial charge in [-0.05, 0) is 44.2 Å². The van der Waals surface area contributed by atoms with E-state index in [0.29, 0.717) is 0 Å². The summed E-state index contributed by atoms with van der Waals surface area (Å²) in [6.07, 6.45) is 7.40. The van der Waals surface area contributed by atoms with Gasteiger partial charge in [-0.2, -0.15) is 8.75 Å². The quantitative estimate of drug-likeness (QED) is 0.809. The molecule has 1 aliphatic heterocycles. The molecule has 1 aliphatic carbocycles. The topological polar surface area (TPSA) is 104 Å². The Labute approximate surface area is 132 Å². The Bertz CT molecular complexity index is 568. The van der Waals surface area contributed by atoms with Crippen molar-refractivity contribution in [2.45, 2.75) is 25.7 Å². The van der Waals surface area contributed by atoms with Crippen LogP contribution < -0.4 is 0 Å². The van der Waals surface area contributed by atoms with Crippen LogP contribution in [0, 0.1) is 5.92 Å². The summed E-state index contributed by atoms with van der Waals surface area (Å²) in [5, 5.41) is 14.8. The third kappa shape index (κ3) is 4.88. The lowest BCUT2D eigenvalue weighted by Crippen LogP contribution is -2.25. The van der Waals surface area contributed by atoms with Crippen molar-refractivity contribution < 1.29 is 19.8 Å². The molecule has 8 heteroatoms. The Hall–Kier alpha value is -1.80. The first-order valence-electron chi connectivity index (χ1n) is 7.13. The molecule has 2 heterocycles. The molecule has 0 bridgehead atoms. The second-order valence-electron chi connectivity index (χ2n) is 5.57. The van der Waals surface area contributed by atoms with E-state index in [2.05, 4.69) is 26.8 Å². The van der Waals surface area contributed by atoms with Gasteiger partial charge in [0, 0.05) is 13.1 Å². The average Bonchev–Trinajstić information content (AvgIpc) is 3.15. The van der Waals surface area contributed by atoms with E-state index in [0.717, 1.165) is 25.3 Å². The van der Waals surface area contributed by atoms with E-state index in [9.17, 15) is 0 Å². The van der Waals surface area contributed by atoms with E-state index in [1.165, 1.54) is 48.1 Å². The molecule has 7 nitrogen and oxygen atoms in total. The lowest BCUT2D eigenvalue weighted by Gasteiger charge is -2.22. The zero-order valence-corrected chi connectivity index (χ0v) is 13.2. The van der Waals surface area contributed by atoms with E-state index >= 15 is 0 Å². The second-order valence-corrected chi connectivity index (χ2v) is 6.10. The van der Waals surface area contributed by atoms with Crippen molar-refractivity contribution >= 4 is 29.2 Å². The van der Waals surface area contributed by atoms with Crippen molar-refractivity contribution in [2.75, 3.05) is 20.1 Å². The third-order valence-corrected chi connectivity index (χ3v) is 4.13. The highest BCUT2D eigenvalue weighted by molar-refractivity contribution is 6.99. The van der Waals surface area contributed by atoms with Crippen LogP contribution in [-0.2, 0) is 16.0 Å². The van der Waals surface area contributed by atoms with Crippen LogP contribution in [0.15, 0.2) is 6.08 Å². The van der Waals surface area contributed by atoms with Crippen LogP contribution in [-0.4, -0.2) is 55.9 Å². The Morgan fingerprint density at radius 3 is 2.55 bits per heavy atom. The maximum Gasteiger partial charge on any atom is 0.414 e. The molecule has 22 heavy (non-hydrogen) atoms. The zero-order chi connectivity index (χ0) is 16.1. The number of carboxylic acid groups (broad SMARTS) is 2. The molecular weight excluding hydrogens is 306 g/mol. The summed E-state index contributed by atoms with van der Waals surface area (Å²) >= 11 is 1.37. The van der Waals surface area contributed by atoms with Gasteiger partial charge >= 0.3 is 11.9 Å². The average molecular weight is 325 g/mol. The molecule has 0 amide bonds. The smallest absolute Gasteiger partial charge is 0.414 e. The molecule has 0 aromatic carbocycles. The van der Waals surface area contributed by atoms with Gasteiger partial charge in [0.15, 0.2) is 0 Å². The second kappa shape index (κ2) is 7.46. The number of aliphatic carboxylic acids is 2. The highest BCUT2D eigenvalue weighted by atomic mass is 32.1. The van der Waals surface area contributed by atoms with E-state index in [4.69, 9.17) is 19.8 Å². The van der Waals surface area contributed by atoms with Gasteiger partial charge < -0.3 is 15.1 Å². The van der Waals surface area contributed by atoms with Crippen molar-refractivity contribution in [2.24, 2.45) is 5.92 Å². The lowest BCUT2D eigenvalue weighted by atomic mass is 10.0. The fourth-order valence-electron chi connectivity index (χ4n) is 2.24. The molecule has 1 aromatic rings. The Morgan fingerprint density at radius 2 is 2.00 bits per heavy atom. The molecule has 0 spiro atoms.